The summed E-state index contributed by atoms with van der Waals surface area (Å²) in [5.41, 5.74) is 0. The maximum absolute atomic E-state index is 5.79. The number of hydrogen-bond donors (Lipinski definition) is 0. The predicted molar refractivity (Wildman–Crippen MR) is 57.6 cm³/mol. The minimum atomic E-state index is 0.406. The molecule has 0 atom stereocenters. The molecule has 1 aromatic rings. The maximum Gasteiger partial charge on any atom is 0.124 e. The topological polar surface area (TPSA) is 12.5 Å². The van der Waals surface area contributed by atoms with Gasteiger partial charge in [-0.3, -0.25) is 4.90 Å². The van der Waals surface area contributed by atoms with Crippen molar-refractivity contribution in [1.82, 2.24) is 4.90 Å². The number of likely N-dealkylation sites (tertiary alicyclic amines) is 1. The van der Waals surface area contributed by atoms with Gasteiger partial charge < -0.3 is 4.74 Å². The second-order valence-corrected chi connectivity index (χ2v) is 3.81. The lowest BCUT2D eigenvalue weighted by molar-refractivity contribution is 0.0203. The van der Waals surface area contributed by atoms with Crippen LogP contribution in [0.1, 0.15) is 13.3 Å². The van der Waals surface area contributed by atoms with Crippen LogP contribution in [0.3, 0.4) is 0 Å². The number of ether oxygens (including phenoxy) is 1. The van der Waals surface area contributed by atoms with Gasteiger partial charge in [0, 0.05) is 13.1 Å². The van der Waals surface area contributed by atoms with Crippen LogP contribution in [0.2, 0.25) is 0 Å². The maximum atomic E-state index is 5.79. The van der Waals surface area contributed by atoms with E-state index in [-0.39, 0.29) is 0 Å². The molecule has 1 aliphatic heterocycles. The van der Waals surface area contributed by atoms with E-state index < -0.39 is 0 Å². The molecule has 0 bridgehead atoms. The quantitative estimate of drug-likeness (QED) is 0.723. The summed E-state index contributed by atoms with van der Waals surface area (Å²) in [6.45, 7) is 5.59. The molecule has 1 heterocycles. The highest BCUT2D eigenvalue weighted by atomic mass is 16.5. The van der Waals surface area contributed by atoms with Gasteiger partial charge >= 0.3 is 0 Å². The summed E-state index contributed by atoms with van der Waals surface area (Å²) >= 11 is 0. The highest BCUT2D eigenvalue weighted by Gasteiger charge is 2.27. The molecule has 0 spiro atoms. The Labute approximate surface area is 85.5 Å². The van der Waals surface area contributed by atoms with Gasteiger partial charge in [0.1, 0.15) is 11.9 Å². The number of benzene rings is 1. The Bertz CT molecular complexity index is 267. The molecule has 0 amide bonds. The molecular formula is C12H17NO. The molecule has 0 unspecified atom stereocenters. The highest BCUT2D eigenvalue weighted by Crippen LogP contribution is 2.17. The summed E-state index contributed by atoms with van der Waals surface area (Å²) in [5, 5.41) is 0. The van der Waals surface area contributed by atoms with Crippen molar-refractivity contribution in [3.8, 4) is 5.75 Å². The monoisotopic (exact) mass is 191 g/mol. The standard InChI is InChI=1S/C12H17NO/c1-2-8-13-9-12(10-13)14-11-6-4-3-5-7-11/h3-7,12H,2,8-10H2,1H3. The van der Waals surface area contributed by atoms with Crippen molar-refractivity contribution >= 4 is 0 Å². The van der Waals surface area contributed by atoms with Crippen LogP contribution < -0.4 is 4.74 Å². The van der Waals surface area contributed by atoms with Gasteiger partial charge in [-0.15, -0.1) is 0 Å². The molecule has 2 rings (SSSR count). The molecule has 1 saturated heterocycles. The molecule has 1 fully saturated rings. The fraction of sp³-hybridized carbons (Fsp3) is 0.500. The van der Waals surface area contributed by atoms with E-state index in [2.05, 4.69) is 11.8 Å². The van der Waals surface area contributed by atoms with Crippen LogP contribution in [0.25, 0.3) is 0 Å². The Kier molecular flexibility index (Phi) is 3.04. The molecule has 1 aromatic carbocycles. The zero-order valence-corrected chi connectivity index (χ0v) is 8.65. The number of hydrogen-bond acceptors (Lipinski definition) is 2. The normalized spacial score (nSPS) is 17.8. The van der Waals surface area contributed by atoms with E-state index in [1.54, 1.807) is 0 Å². The first-order valence-corrected chi connectivity index (χ1v) is 5.32. The second-order valence-electron chi connectivity index (χ2n) is 3.81. The minimum absolute atomic E-state index is 0.406. The zero-order chi connectivity index (χ0) is 9.80. The average Bonchev–Trinajstić information content (AvgIpc) is 2.16. The highest BCUT2D eigenvalue weighted by molar-refractivity contribution is 5.21. The first kappa shape index (κ1) is 9.53. The van der Waals surface area contributed by atoms with Gasteiger partial charge in [-0.2, -0.15) is 0 Å². The number of para-hydroxylation sites is 1. The average molecular weight is 191 g/mol. The molecular weight excluding hydrogens is 174 g/mol. The second kappa shape index (κ2) is 4.47. The summed E-state index contributed by atoms with van der Waals surface area (Å²) in [4.78, 5) is 2.42. The summed E-state index contributed by atoms with van der Waals surface area (Å²) in [6.07, 6.45) is 1.64. The lowest BCUT2D eigenvalue weighted by Gasteiger charge is -2.38. The van der Waals surface area contributed by atoms with Crippen LogP contribution in [0.4, 0.5) is 0 Å². The van der Waals surface area contributed by atoms with E-state index in [9.17, 15) is 0 Å². The van der Waals surface area contributed by atoms with Gasteiger partial charge in [-0.05, 0) is 25.1 Å². The minimum Gasteiger partial charge on any atom is -0.488 e. The van der Waals surface area contributed by atoms with Crippen molar-refractivity contribution in [3.05, 3.63) is 30.3 Å². The van der Waals surface area contributed by atoms with Gasteiger partial charge in [0.05, 0.1) is 0 Å². The Morgan fingerprint density at radius 3 is 2.64 bits per heavy atom. The van der Waals surface area contributed by atoms with E-state index in [0.717, 1.165) is 18.8 Å². The molecule has 0 aliphatic carbocycles. The van der Waals surface area contributed by atoms with Crippen molar-refractivity contribution < 1.29 is 4.74 Å². The van der Waals surface area contributed by atoms with E-state index >= 15 is 0 Å². The van der Waals surface area contributed by atoms with Crippen LogP contribution >= 0.6 is 0 Å². The first-order chi connectivity index (χ1) is 6.88. The SMILES string of the molecule is CCCN1CC(Oc2ccccc2)C1. The van der Waals surface area contributed by atoms with Crippen LogP contribution in [0.5, 0.6) is 5.75 Å². The Hall–Kier alpha value is -1.02. The van der Waals surface area contributed by atoms with Crippen molar-refractivity contribution in [3.63, 3.8) is 0 Å². The number of nitrogens with zero attached hydrogens (tertiary/aromatic N) is 1. The summed E-state index contributed by atoms with van der Waals surface area (Å²) in [7, 11) is 0. The summed E-state index contributed by atoms with van der Waals surface area (Å²) in [6, 6.07) is 10.1. The fourth-order valence-electron chi connectivity index (χ4n) is 1.79. The molecule has 0 aromatic heterocycles. The third-order valence-electron chi connectivity index (χ3n) is 2.51. The van der Waals surface area contributed by atoms with Crippen LogP contribution in [-0.2, 0) is 0 Å². The summed E-state index contributed by atoms with van der Waals surface area (Å²) < 4.78 is 5.79. The van der Waals surface area contributed by atoms with Crippen molar-refractivity contribution in [1.29, 1.82) is 0 Å². The summed E-state index contributed by atoms with van der Waals surface area (Å²) in [5.74, 6) is 0.994. The zero-order valence-electron chi connectivity index (χ0n) is 8.65. The Morgan fingerprint density at radius 2 is 2.00 bits per heavy atom. The first-order valence-electron chi connectivity index (χ1n) is 5.32. The van der Waals surface area contributed by atoms with Crippen molar-refractivity contribution in [2.75, 3.05) is 19.6 Å². The molecule has 76 valence electrons. The fourth-order valence-corrected chi connectivity index (χ4v) is 1.79. The lowest BCUT2D eigenvalue weighted by Crippen LogP contribution is -2.53. The molecule has 0 saturated carbocycles. The van der Waals surface area contributed by atoms with Gasteiger partial charge in [-0.1, -0.05) is 25.1 Å². The smallest absolute Gasteiger partial charge is 0.124 e. The third kappa shape index (κ3) is 2.26. The van der Waals surface area contributed by atoms with Crippen LogP contribution in [-0.4, -0.2) is 30.6 Å². The van der Waals surface area contributed by atoms with Gasteiger partial charge in [-0.25, -0.2) is 0 Å². The van der Waals surface area contributed by atoms with Gasteiger partial charge in [0.15, 0.2) is 0 Å². The van der Waals surface area contributed by atoms with Crippen molar-refractivity contribution in [2.24, 2.45) is 0 Å². The van der Waals surface area contributed by atoms with E-state index in [0.29, 0.717) is 6.10 Å². The third-order valence-corrected chi connectivity index (χ3v) is 2.51. The molecule has 14 heavy (non-hydrogen) atoms. The van der Waals surface area contributed by atoms with Crippen molar-refractivity contribution in [2.45, 2.75) is 19.4 Å². The van der Waals surface area contributed by atoms with Crippen LogP contribution in [0, 0.1) is 0 Å². The molecule has 2 heteroatoms. The Balaban J connectivity index is 1.74. The van der Waals surface area contributed by atoms with Gasteiger partial charge in [0.2, 0.25) is 0 Å². The molecule has 2 nitrogen and oxygen atoms in total. The van der Waals surface area contributed by atoms with E-state index in [4.69, 9.17) is 4.74 Å². The predicted octanol–water partition coefficient (Wildman–Crippen LogP) is 2.16. The number of rotatable bonds is 4. The molecule has 0 radical (unpaired) electrons. The van der Waals surface area contributed by atoms with E-state index in [1.807, 2.05) is 30.3 Å². The Morgan fingerprint density at radius 1 is 1.29 bits per heavy atom. The van der Waals surface area contributed by atoms with Crippen LogP contribution in [0.15, 0.2) is 30.3 Å². The lowest BCUT2D eigenvalue weighted by atomic mass is 10.1. The molecule has 1 aliphatic rings. The molecule has 0 N–H and O–H groups in total. The van der Waals surface area contributed by atoms with Gasteiger partial charge in [0.25, 0.3) is 0 Å². The van der Waals surface area contributed by atoms with E-state index in [1.165, 1.54) is 13.0 Å². The largest absolute Gasteiger partial charge is 0.488 e.